The third kappa shape index (κ3) is 5.14. The molecule has 0 spiro atoms. The van der Waals surface area contributed by atoms with E-state index < -0.39 is 9.85 Å². The van der Waals surface area contributed by atoms with Gasteiger partial charge in [-0.05, 0) is 41.7 Å². The number of aryl methyl sites for hydroxylation is 2. The molecule has 0 atom stereocenters. The second kappa shape index (κ2) is 8.77. The van der Waals surface area contributed by atoms with Crippen LogP contribution in [0.5, 0.6) is 0 Å². The number of nitrogens with one attached hydrogen (secondary N) is 1. The molecule has 0 aromatic heterocycles. The number of non-ortho nitro benzene ring substituents is 2. The van der Waals surface area contributed by atoms with Gasteiger partial charge in [-0.25, -0.2) is 0 Å². The molecule has 142 valence electrons. The molecule has 28 heavy (non-hydrogen) atoms. The number of nitro benzene ring substituents is 2. The number of rotatable bonds is 8. The molecule has 0 aliphatic heterocycles. The predicted molar refractivity (Wildman–Crippen MR) is 107 cm³/mol. The van der Waals surface area contributed by atoms with E-state index in [9.17, 15) is 20.2 Å². The number of benzene rings is 3. The van der Waals surface area contributed by atoms with E-state index in [-0.39, 0.29) is 11.4 Å². The van der Waals surface area contributed by atoms with Crippen LogP contribution < -0.4 is 5.32 Å². The zero-order valence-electron chi connectivity index (χ0n) is 15.1. The normalized spacial score (nSPS) is 10.4. The number of hydrogen-bond acceptors (Lipinski definition) is 5. The lowest BCUT2D eigenvalue weighted by molar-refractivity contribution is -0.385. The molecule has 0 unspecified atom stereocenters. The molecule has 0 aliphatic carbocycles. The van der Waals surface area contributed by atoms with Crippen LogP contribution in [0.1, 0.15) is 16.7 Å². The Morgan fingerprint density at radius 1 is 0.607 bits per heavy atom. The lowest BCUT2D eigenvalue weighted by atomic mass is 10.0. The maximum absolute atomic E-state index is 10.7. The van der Waals surface area contributed by atoms with Crippen LogP contribution in [-0.4, -0.2) is 9.85 Å². The summed E-state index contributed by atoms with van der Waals surface area (Å²) in [7, 11) is 0. The Bertz CT molecular complexity index is 872. The highest BCUT2D eigenvalue weighted by Crippen LogP contribution is 2.17. The van der Waals surface area contributed by atoms with Gasteiger partial charge < -0.3 is 5.32 Å². The summed E-state index contributed by atoms with van der Waals surface area (Å²) in [6.45, 7) is 0.625. The summed E-state index contributed by atoms with van der Waals surface area (Å²) in [6.07, 6.45) is 1.67. The Balaban J connectivity index is 1.50. The van der Waals surface area contributed by atoms with Crippen LogP contribution in [0.2, 0.25) is 0 Å². The summed E-state index contributed by atoms with van der Waals surface area (Å²) >= 11 is 0. The highest BCUT2D eigenvalue weighted by atomic mass is 16.6. The van der Waals surface area contributed by atoms with Crippen molar-refractivity contribution < 1.29 is 9.85 Å². The Kier molecular flexibility index (Phi) is 5.96. The lowest BCUT2D eigenvalue weighted by Crippen LogP contribution is -2.00. The van der Waals surface area contributed by atoms with Gasteiger partial charge in [0.05, 0.1) is 9.85 Å². The highest BCUT2D eigenvalue weighted by molar-refractivity contribution is 5.48. The fraction of sp³-hybridized carbons (Fsp3) is 0.143. The molecule has 7 nitrogen and oxygen atoms in total. The Labute approximate surface area is 161 Å². The van der Waals surface area contributed by atoms with Gasteiger partial charge >= 0.3 is 0 Å². The van der Waals surface area contributed by atoms with Crippen molar-refractivity contribution in [2.75, 3.05) is 5.32 Å². The molecule has 7 heteroatoms. The minimum atomic E-state index is -0.417. The Morgan fingerprint density at radius 2 is 1.00 bits per heavy atom. The fourth-order valence-electron chi connectivity index (χ4n) is 2.80. The van der Waals surface area contributed by atoms with Gasteiger partial charge in [-0.1, -0.05) is 36.4 Å². The molecule has 1 N–H and O–H groups in total. The van der Waals surface area contributed by atoms with Crippen LogP contribution in [0.25, 0.3) is 0 Å². The first-order chi connectivity index (χ1) is 13.5. The number of anilines is 1. The van der Waals surface area contributed by atoms with E-state index >= 15 is 0 Å². The highest BCUT2D eigenvalue weighted by Gasteiger charge is 2.05. The number of nitrogens with zero attached hydrogens (tertiary/aromatic N) is 2. The molecule has 0 saturated heterocycles. The third-order valence-corrected chi connectivity index (χ3v) is 4.45. The molecule has 0 saturated carbocycles. The molecule has 0 aliphatic rings. The van der Waals surface area contributed by atoms with Crippen LogP contribution in [0.4, 0.5) is 17.1 Å². The summed E-state index contributed by atoms with van der Waals surface area (Å²) in [4.78, 5) is 20.5. The SMILES string of the molecule is O=[N+]([O-])c1ccc(CCc2ccc(CNc3ccc([N+](=O)[O-])cc3)cc2)cc1. The average Bonchev–Trinajstić information content (AvgIpc) is 2.72. The van der Waals surface area contributed by atoms with Crippen LogP contribution in [0.15, 0.2) is 72.8 Å². The predicted octanol–water partition coefficient (Wildman–Crippen LogP) is 4.90. The molecule has 3 aromatic carbocycles. The minimum Gasteiger partial charge on any atom is -0.381 e. The maximum Gasteiger partial charge on any atom is 0.269 e. The molecule has 0 radical (unpaired) electrons. The first kappa shape index (κ1) is 19.0. The van der Waals surface area contributed by atoms with E-state index in [1.54, 1.807) is 24.3 Å². The molecule has 3 rings (SSSR count). The van der Waals surface area contributed by atoms with Crippen LogP contribution in [-0.2, 0) is 19.4 Å². The number of nitro groups is 2. The van der Waals surface area contributed by atoms with Crippen LogP contribution >= 0.6 is 0 Å². The first-order valence-electron chi connectivity index (χ1n) is 8.81. The second-order valence-electron chi connectivity index (χ2n) is 6.40. The summed E-state index contributed by atoms with van der Waals surface area (Å²) < 4.78 is 0. The van der Waals surface area contributed by atoms with Gasteiger partial charge in [0.1, 0.15) is 0 Å². The monoisotopic (exact) mass is 377 g/mol. The van der Waals surface area contributed by atoms with Gasteiger partial charge in [-0.3, -0.25) is 20.2 Å². The van der Waals surface area contributed by atoms with Gasteiger partial charge in [0.25, 0.3) is 11.4 Å². The van der Waals surface area contributed by atoms with E-state index in [2.05, 4.69) is 17.4 Å². The van der Waals surface area contributed by atoms with Crippen molar-refractivity contribution in [2.45, 2.75) is 19.4 Å². The largest absolute Gasteiger partial charge is 0.381 e. The lowest BCUT2D eigenvalue weighted by Gasteiger charge is -2.08. The molecule has 0 fully saturated rings. The standard InChI is InChI=1S/C21H19N3O4/c25-23(26)20-11-7-17(8-12-20)2-1-16-3-5-18(6-4-16)15-22-19-9-13-21(14-10-19)24(27)28/h3-14,22H,1-2,15H2. The second-order valence-corrected chi connectivity index (χ2v) is 6.40. The van der Waals surface area contributed by atoms with Crippen molar-refractivity contribution in [1.29, 1.82) is 0 Å². The van der Waals surface area contributed by atoms with Gasteiger partial charge in [-0.2, -0.15) is 0 Å². The summed E-state index contributed by atoms with van der Waals surface area (Å²) in [5.41, 5.74) is 4.37. The van der Waals surface area contributed by atoms with Gasteiger partial charge in [0.15, 0.2) is 0 Å². The van der Waals surface area contributed by atoms with Crippen molar-refractivity contribution >= 4 is 17.1 Å². The molecular formula is C21H19N3O4. The smallest absolute Gasteiger partial charge is 0.269 e. The molecule has 0 heterocycles. The van der Waals surface area contributed by atoms with Gasteiger partial charge in [0, 0.05) is 36.5 Å². The molecule has 0 bridgehead atoms. The van der Waals surface area contributed by atoms with E-state index in [1.807, 2.05) is 12.1 Å². The van der Waals surface area contributed by atoms with E-state index in [0.717, 1.165) is 29.7 Å². The van der Waals surface area contributed by atoms with Crippen LogP contribution in [0, 0.1) is 20.2 Å². The molecule has 3 aromatic rings. The Hall–Kier alpha value is -3.74. The first-order valence-corrected chi connectivity index (χ1v) is 8.81. The topological polar surface area (TPSA) is 98.3 Å². The Morgan fingerprint density at radius 3 is 1.46 bits per heavy atom. The van der Waals surface area contributed by atoms with Crippen molar-refractivity contribution in [3.63, 3.8) is 0 Å². The van der Waals surface area contributed by atoms with Crippen molar-refractivity contribution in [2.24, 2.45) is 0 Å². The quantitative estimate of drug-likeness (QED) is 0.445. The zero-order valence-corrected chi connectivity index (χ0v) is 15.1. The summed E-state index contributed by atoms with van der Waals surface area (Å²) in [5, 5.41) is 24.6. The zero-order chi connectivity index (χ0) is 19.9. The van der Waals surface area contributed by atoms with Crippen LogP contribution in [0.3, 0.4) is 0 Å². The number of hydrogen-bond donors (Lipinski definition) is 1. The van der Waals surface area contributed by atoms with Crippen molar-refractivity contribution in [3.05, 3.63) is 110 Å². The maximum atomic E-state index is 10.7. The minimum absolute atomic E-state index is 0.0722. The summed E-state index contributed by atoms with van der Waals surface area (Å²) in [5.74, 6) is 0. The third-order valence-electron chi connectivity index (χ3n) is 4.45. The van der Waals surface area contributed by atoms with Crippen molar-refractivity contribution in [1.82, 2.24) is 0 Å². The van der Waals surface area contributed by atoms with E-state index in [0.29, 0.717) is 6.54 Å². The molecular weight excluding hydrogens is 358 g/mol. The van der Waals surface area contributed by atoms with Gasteiger partial charge in [0.2, 0.25) is 0 Å². The van der Waals surface area contributed by atoms with Crippen molar-refractivity contribution in [3.8, 4) is 0 Å². The van der Waals surface area contributed by atoms with E-state index in [4.69, 9.17) is 0 Å². The summed E-state index contributed by atoms with van der Waals surface area (Å²) in [6, 6.07) is 21.2. The van der Waals surface area contributed by atoms with Gasteiger partial charge in [-0.15, -0.1) is 0 Å². The average molecular weight is 377 g/mol. The molecule has 0 amide bonds. The van der Waals surface area contributed by atoms with E-state index in [1.165, 1.54) is 29.8 Å². The fourth-order valence-corrected chi connectivity index (χ4v) is 2.80.